The average Bonchev–Trinajstić information content (AvgIpc) is 2.65. The van der Waals surface area contributed by atoms with Crippen LogP contribution >= 0.6 is 0 Å². The first-order valence-corrected chi connectivity index (χ1v) is 4.83. The van der Waals surface area contributed by atoms with Crippen LogP contribution in [0.3, 0.4) is 0 Å². The van der Waals surface area contributed by atoms with Crippen molar-refractivity contribution in [3.63, 3.8) is 0 Å². The highest BCUT2D eigenvalue weighted by Gasteiger charge is 2.22. The lowest BCUT2D eigenvalue weighted by Gasteiger charge is -1.97. The number of non-ortho nitro benzene ring substituents is 1. The second kappa shape index (κ2) is 5.49. The third-order valence-corrected chi connectivity index (χ3v) is 2.22. The highest BCUT2D eigenvalue weighted by atomic mass is 35.5. The van der Waals surface area contributed by atoms with Crippen LogP contribution in [0.15, 0.2) is 24.3 Å². The van der Waals surface area contributed by atoms with Gasteiger partial charge in [0.1, 0.15) is 0 Å². The molecule has 0 fully saturated rings. The summed E-state index contributed by atoms with van der Waals surface area (Å²) < 4.78 is 6.82. The molecule has 92 valence electrons. The molecule has 1 heterocycles. The number of benzene rings is 1. The van der Waals surface area contributed by atoms with Crippen molar-refractivity contribution < 1.29 is 31.6 Å². The number of hydroxylamine groups is 1. The topological polar surface area (TPSA) is 64.6 Å². The van der Waals surface area contributed by atoms with Crippen LogP contribution < -0.4 is 17.2 Å². The monoisotopic (exact) mass is 258 g/mol. The Kier molecular flexibility index (Phi) is 4.28. The zero-order chi connectivity index (χ0) is 11.5. The van der Waals surface area contributed by atoms with Crippen molar-refractivity contribution in [1.29, 1.82) is 0 Å². The number of nitro groups is 1. The Labute approximate surface area is 104 Å². The van der Waals surface area contributed by atoms with E-state index in [0.717, 1.165) is 0 Å². The lowest BCUT2D eigenvalue weighted by molar-refractivity contribution is -0.738. The van der Waals surface area contributed by atoms with Gasteiger partial charge in [0.15, 0.2) is 6.61 Å². The SMILES string of the molecule is CC1=[N+](Oc2ccc([N+](=O)[O-])cc2)CCO1.[Cl-]. The molecule has 0 saturated heterocycles. The van der Waals surface area contributed by atoms with Crippen LogP contribution in [0.5, 0.6) is 5.75 Å². The number of hydrogen-bond acceptors (Lipinski definition) is 4. The fourth-order valence-electron chi connectivity index (χ4n) is 1.37. The summed E-state index contributed by atoms with van der Waals surface area (Å²) >= 11 is 0. The van der Waals surface area contributed by atoms with Crippen molar-refractivity contribution in [3.8, 4) is 5.75 Å². The molecule has 0 amide bonds. The van der Waals surface area contributed by atoms with Gasteiger partial charge in [-0.05, 0) is 12.1 Å². The van der Waals surface area contributed by atoms with E-state index in [-0.39, 0.29) is 18.1 Å². The molecule has 6 nitrogen and oxygen atoms in total. The van der Waals surface area contributed by atoms with Crippen molar-refractivity contribution >= 4 is 11.6 Å². The standard InChI is InChI=1S/C10H11N2O4.ClH/c1-8-11(6-7-15-8)16-10-4-2-9(3-5-10)12(13)14;/h2-5H,6-7H2,1H3;1H/q+1;/p-1. The third-order valence-electron chi connectivity index (χ3n) is 2.22. The van der Waals surface area contributed by atoms with Gasteiger partial charge in [-0.2, -0.15) is 0 Å². The summed E-state index contributed by atoms with van der Waals surface area (Å²) in [6, 6.07) is 5.93. The molecule has 17 heavy (non-hydrogen) atoms. The molecule has 1 aliphatic rings. The Morgan fingerprint density at radius 1 is 1.41 bits per heavy atom. The van der Waals surface area contributed by atoms with Crippen molar-refractivity contribution in [2.24, 2.45) is 0 Å². The van der Waals surface area contributed by atoms with Gasteiger partial charge in [0.05, 0.1) is 11.8 Å². The fraction of sp³-hybridized carbons (Fsp3) is 0.300. The average molecular weight is 259 g/mol. The predicted octanol–water partition coefficient (Wildman–Crippen LogP) is -1.65. The summed E-state index contributed by atoms with van der Waals surface area (Å²) in [7, 11) is 0. The van der Waals surface area contributed by atoms with Crippen LogP contribution in [0.1, 0.15) is 6.92 Å². The van der Waals surface area contributed by atoms with Gasteiger partial charge in [-0.25, -0.2) is 4.84 Å². The third kappa shape index (κ3) is 3.07. The Morgan fingerprint density at radius 3 is 2.53 bits per heavy atom. The van der Waals surface area contributed by atoms with Gasteiger partial charge < -0.3 is 17.1 Å². The first-order valence-electron chi connectivity index (χ1n) is 4.83. The largest absolute Gasteiger partial charge is 1.00 e. The number of rotatable bonds is 3. The van der Waals surface area contributed by atoms with Crippen LogP contribution in [0.2, 0.25) is 0 Å². The second-order valence-corrected chi connectivity index (χ2v) is 3.31. The van der Waals surface area contributed by atoms with Crippen molar-refractivity contribution in [3.05, 3.63) is 34.4 Å². The summed E-state index contributed by atoms with van der Waals surface area (Å²) in [6.07, 6.45) is 0. The minimum Gasteiger partial charge on any atom is -1.00 e. The van der Waals surface area contributed by atoms with Crippen LogP contribution in [0.25, 0.3) is 0 Å². The maximum absolute atomic E-state index is 10.4. The Hall–Kier alpha value is -1.82. The second-order valence-electron chi connectivity index (χ2n) is 3.31. The molecule has 1 aliphatic heterocycles. The molecule has 0 unspecified atom stereocenters. The first kappa shape index (κ1) is 13.2. The highest BCUT2D eigenvalue weighted by molar-refractivity contribution is 5.68. The maximum atomic E-state index is 10.4. The minimum atomic E-state index is -0.444. The highest BCUT2D eigenvalue weighted by Crippen LogP contribution is 2.17. The van der Waals surface area contributed by atoms with Crippen LogP contribution in [0.4, 0.5) is 5.69 Å². The van der Waals surface area contributed by atoms with E-state index >= 15 is 0 Å². The molecule has 0 atom stereocenters. The number of nitrogens with zero attached hydrogens (tertiary/aromatic N) is 2. The van der Waals surface area contributed by atoms with E-state index in [2.05, 4.69) is 0 Å². The van der Waals surface area contributed by atoms with Gasteiger partial charge in [-0.15, -0.1) is 0 Å². The Bertz CT molecular complexity index is 444. The minimum absolute atomic E-state index is 0. The molecule has 2 rings (SSSR count). The fourth-order valence-corrected chi connectivity index (χ4v) is 1.37. The van der Waals surface area contributed by atoms with Crippen LogP contribution in [-0.2, 0) is 4.74 Å². The summed E-state index contributed by atoms with van der Waals surface area (Å²) in [5, 5.41) is 10.4. The van der Waals surface area contributed by atoms with Gasteiger partial charge in [0, 0.05) is 16.9 Å². The summed E-state index contributed by atoms with van der Waals surface area (Å²) in [4.78, 5) is 15.5. The molecule has 0 radical (unpaired) electrons. The Balaban J connectivity index is 0.00000144. The molecule has 1 aromatic rings. The number of hydrogen-bond donors (Lipinski definition) is 0. The predicted molar refractivity (Wildman–Crippen MR) is 55.5 cm³/mol. The van der Waals surface area contributed by atoms with Gasteiger partial charge in [-0.1, -0.05) is 0 Å². The first-order chi connectivity index (χ1) is 7.66. The molecule has 7 heteroatoms. The molecule has 0 saturated carbocycles. The number of ether oxygens (including phenoxy) is 1. The van der Waals surface area contributed by atoms with E-state index in [4.69, 9.17) is 9.57 Å². The maximum Gasteiger partial charge on any atom is 0.382 e. The van der Waals surface area contributed by atoms with Crippen LogP contribution in [-0.4, -0.2) is 28.7 Å². The quantitative estimate of drug-likeness (QED) is 0.370. The van der Waals surface area contributed by atoms with E-state index in [9.17, 15) is 10.1 Å². The van der Waals surface area contributed by atoms with E-state index in [0.29, 0.717) is 24.8 Å². The van der Waals surface area contributed by atoms with Gasteiger partial charge in [0.2, 0.25) is 12.3 Å². The molecule has 0 aromatic heterocycles. The van der Waals surface area contributed by atoms with E-state index in [1.807, 2.05) is 0 Å². The normalized spacial score (nSPS) is 13.9. The van der Waals surface area contributed by atoms with E-state index < -0.39 is 4.92 Å². The summed E-state index contributed by atoms with van der Waals surface area (Å²) in [5.41, 5.74) is 0.0470. The molecule has 0 spiro atoms. The van der Waals surface area contributed by atoms with Crippen molar-refractivity contribution in [2.75, 3.05) is 13.2 Å². The molecule has 1 aromatic carbocycles. The molecular formula is C10H11ClN2O4. The van der Waals surface area contributed by atoms with E-state index in [1.54, 1.807) is 23.8 Å². The lowest BCUT2D eigenvalue weighted by Crippen LogP contribution is -3.00. The van der Waals surface area contributed by atoms with E-state index in [1.165, 1.54) is 12.1 Å². The van der Waals surface area contributed by atoms with Gasteiger partial charge in [0.25, 0.3) is 5.69 Å². The Morgan fingerprint density at radius 2 is 2.06 bits per heavy atom. The number of halogens is 1. The molecule has 0 N–H and O–H groups in total. The zero-order valence-electron chi connectivity index (χ0n) is 9.13. The molecule has 0 bridgehead atoms. The van der Waals surface area contributed by atoms with Gasteiger partial charge >= 0.3 is 5.90 Å². The summed E-state index contributed by atoms with van der Waals surface area (Å²) in [6.45, 7) is 3.06. The van der Waals surface area contributed by atoms with Crippen molar-refractivity contribution in [2.45, 2.75) is 6.92 Å². The lowest BCUT2D eigenvalue weighted by atomic mass is 10.3. The van der Waals surface area contributed by atoms with Gasteiger partial charge in [-0.3, -0.25) is 10.1 Å². The summed E-state index contributed by atoms with van der Waals surface area (Å²) in [5.74, 6) is 1.24. The van der Waals surface area contributed by atoms with Crippen molar-refractivity contribution in [1.82, 2.24) is 0 Å². The smallest absolute Gasteiger partial charge is 0.382 e. The molecule has 0 aliphatic carbocycles. The number of nitro benzene ring substituents is 1. The zero-order valence-corrected chi connectivity index (χ0v) is 9.88. The van der Waals surface area contributed by atoms with Crippen LogP contribution in [0, 0.1) is 10.1 Å². The molecular weight excluding hydrogens is 248 g/mol.